The number of hydrogen-bond donors (Lipinski definition) is 1. The molecule has 1 aromatic carbocycles. The Morgan fingerprint density at radius 3 is 2.74 bits per heavy atom. The molecule has 0 bridgehead atoms. The number of hydrogen-bond acceptors (Lipinski definition) is 2. The van der Waals surface area contributed by atoms with Crippen LogP contribution in [0.15, 0.2) is 30.3 Å². The third kappa shape index (κ3) is 3.20. The minimum atomic E-state index is -0.209. The molecule has 0 radical (unpaired) electrons. The van der Waals surface area contributed by atoms with Crippen LogP contribution in [0.1, 0.15) is 36.3 Å². The lowest BCUT2D eigenvalue weighted by Gasteiger charge is -2.19. The first-order valence-corrected chi connectivity index (χ1v) is 6.61. The van der Waals surface area contributed by atoms with Crippen molar-refractivity contribution < 1.29 is 4.39 Å². The Hall–Kier alpha value is -1.68. The van der Waals surface area contributed by atoms with E-state index in [0.717, 1.165) is 29.9 Å². The fourth-order valence-electron chi connectivity index (χ4n) is 2.27. The zero-order chi connectivity index (χ0) is 13.8. The lowest BCUT2D eigenvalue weighted by atomic mass is 10.0. The minimum absolute atomic E-state index is 0.0261. The molecule has 0 aliphatic rings. The summed E-state index contributed by atoms with van der Waals surface area (Å²) in [7, 11) is 1.92. The van der Waals surface area contributed by atoms with Crippen LogP contribution in [0, 0.1) is 12.7 Å². The molecule has 0 saturated heterocycles. The smallest absolute Gasteiger partial charge is 0.123 e. The van der Waals surface area contributed by atoms with Gasteiger partial charge in [-0.05, 0) is 43.7 Å². The van der Waals surface area contributed by atoms with E-state index in [9.17, 15) is 4.39 Å². The molecule has 1 N–H and O–H groups in total. The van der Waals surface area contributed by atoms with Crippen molar-refractivity contribution in [3.8, 4) is 0 Å². The van der Waals surface area contributed by atoms with Crippen molar-refractivity contribution in [2.24, 2.45) is 7.05 Å². The molecule has 0 amide bonds. The van der Waals surface area contributed by atoms with Gasteiger partial charge in [-0.1, -0.05) is 19.1 Å². The summed E-state index contributed by atoms with van der Waals surface area (Å²) < 4.78 is 15.3. The third-order valence-corrected chi connectivity index (χ3v) is 3.11. The number of aromatic nitrogens is 2. The van der Waals surface area contributed by atoms with E-state index in [-0.39, 0.29) is 11.9 Å². The Kier molecular flexibility index (Phi) is 4.32. The van der Waals surface area contributed by atoms with Crippen molar-refractivity contribution in [2.75, 3.05) is 6.54 Å². The topological polar surface area (TPSA) is 29.9 Å². The first kappa shape index (κ1) is 13.7. The molecule has 0 aliphatic carbocycles. The Morgan fingerprint density at radius 1 is 1.37 bits per heavy atom. The van der Waals surface area contributed by atoms with Gasteiger partial charge in [-0.25, -0.2) is 4.39 Å². The van der Waals surface area contributed by atoms with E-state index in [4.69, 9.17) is 0 Å². The van der Waals surface area contributed by atoms with Crippen molar-refractivity contribution in [3.05, 3.63) is 53.1 Å². The van der Waals surface area contributed by atoms with E-state index in [1.54, 1.807) is 12.1 Å². The van der Waals surface area contributed by atoms with Gasteiger partial charge in [-0.2, -0.15) is 5.10 Å². The molecular weight excluding hydrogens is 241 g/mol. The summed E-state index contributed by atoms with van der Waals surface area (Å²) in [6, 6.07) is 8.75. The highest BCUT2D eigenvalue weighted by molar-refractivity contribution is 5.29. The summed E-state index contributed by atoms with van der Waals surface area (Å²) in [6.45, 7) is 4.96. The van der Waals surface area contributed by atoms with Crippen LogP contribution in [0.4, 0.5) is 4.39 Å². The molecule has 1 heterocycles. The Morgan fingerprint density at radius 2 is 2.16 bits per heavy atom. The molecular formula is C15H20FN3. The molecule has 2 rings (SSSR count). The van der Waals surface area contributed by atoms with Crippen LogP contribution in [0.3, 0.4) is 0 Å². The lowest BCUT2D eigenvalue weighted by molar-refractivity contribution is 0.547. The van der Waals surface area contributed by atoms with Gasteiger partial charge in [0.15, 0.2) is 0 Å². The van der Waals surface area contributed by atoms with Gasteiger partial charge in [0.1, 0.15) is 5.82 Å². The SMILES string of the molecule is CCCNC(c1cccc(F)c1)c1cc(C)nn1C. The largest absolute Gasteiger partial charge is 0.305 e. The number of nitrogens with one attached hydrogen (secondary N) is 1. The van der Waals surface area contributed by atoms with E-state index < -0.39 is 0 Å². The molecule has 102 valence electrons. The number of aryl methyl sites for hydroxylation is 2. The molecule has 1 atom stereocenters. The van der Waals surface area contributed by atoms with Gasteiger partial charge >= 0.3 is 0 Å². The molecule has 1 aromatic heterocycles. The summed E-state index contributed by atoms with van der Waals surface area (Å²) in [5, 5.41) is 7.83. The monoisotopic (exact) mass is 261 g/mol. The van der Waals surface area contributed by atoms with E-state index in [1.807, 2.05) is 30.8 Å². The van der Waals surface area contributed by atoms with Crippen molar-refractivity contribution in [3.63, 3.8) is 0 Å². The van der Waals surface area contributed by atoms with E-state index in [0.29, 0.717) is 0 Å². The second kappa shape index (κ2) is 5.97. The highest BCUT2D eigenvalue weighted by Crippen LogP contribution is 2.23. The Bertz CT molecular complexity index is 548. The third-order valence-electron chi connectivity index (χ3n) is 3.11. The first-order chi connectivity index (χ1) is 9.11. The van der Waals surface area contributed by atoms with Crippen LogP contribution in [-0.4, -0.2) is 16.3 Å². The zero-order valence-corrected chi connectivity index (χ0v) is 11.7. The van der Waals surface area contributed by atoms with Gasteiger partial charge in [0.05, 0.1) is 17.4 Å². The van der Waals surface area contributed by atoms with Crippen LogP contribution in [0.5, 0.6) is 0 Å². The van der Waals surface area contributed by atoms with Gasteiger partial charge in [0.2, 0.25) is 0 Å². The van der Waals surface area contributed by atoms with Crippen molar-refractivity contribution in [2.45, 2.75) is 26.3 Å². The maximum absolute atomic E-state index is 13.4. The van der Waals surface area contributed by atoms with Crippen molar-refractivity contribution >= 4 is 0 Å². The van der Waals surface area contributed by atoms with Crippen LogP contribution in [-0.2, 0) is 7.05 Å². The highest BCUT2D eigenvalue weighted by atomic mass is 19.1. The maximum atomic E-state index is 13.4. The molecule has 2 aromatic rings. The quantitative estimate of drug-likeness (QED) is 0.896. The maximum Gasteiger partial charge on any atom is 0.123 e. The Balaban J connectivity index is 2.38. The lowest BCUT2D eigenvalue weighted by Crippen LogP contribution is -2.25. The number of nitrogens with zero attached hydrogens (tertiary/aromatic N) is 2. The summed E-state index contributed by atoms with van der Waals surface area (Å²) in [6.07, 6.45) is 1.03. The number of halogens is 1. The van der Waals surface area contributed by atoms with Gasteiger partial charge in [-0.15, -0.1) is 0 Å². The first-order valence-electron chi connectivity index (χ1n) is 6.61. The predicted octanol–water partition coefficient (Wildman–Crippen LogP) is 2.96. The number of benzene rings is 1. The average Bonchev–Trinajstić information content (AvgIpc) is 2.69. The molecule has 3 nitrogen and oxygen atoms in total. The molecule has 0 saturated carbocycles. The molecule has 1 unspecified atom stereocenters. The van der Waals surface area contributed by atoms with Gasteiger partial charge in [-0.3, -0.25) is 4.68 Å². The van der Waals surface area contributed by atoms with E-state index >= 15 is 0 Å². The average molecular weight is 261 g/mol. The fourth-order valence-corrected chi connectivity index (χ4v) is 2.27. The van der Waals surface area contributed by atoms with Gasteiger partial charge in [0, 0.05) is 7.05 Å². The predicted molar refractivity (Wildman–Crippen MR) is 74.5 cm³/mol. The van der Waals surface area contributed by atoms with Crippen LogP contribution in [0.2, 0.25) is 0 Å². The molecule has 0 fully saturated rings. The zero-order valence-electron chi connectivity index (χ0n) is 11.7. The van der Waals surface area contributed by atoms with Crippen LogP contribution >= 0.6 is 0 Å². The summed E-state index contributed by atoms with van der Waals surface area (Å²) in [5.74, 6) is -0.209. The summed E-state index contributed by atoms with van der Waals surface area (Å²) >= 11 is 0. The summed E-state index contributed by atoms with van der Waals surface area (Å²) in [4.78, 5) is 0. The Labute approximate surface area is 113 Å². The summed E-state index contributed by atoms with van der Waals surface area (Å²) in [5.41, 5.74) is 2.95. The molecule has 19 heavy (non-hydrogen) atoms. The van der Waals surface area contributed by atoms with Gasteiger partial charge < -0.3 is 5.32 Å². The van der Waals surface area contributed by atoms with Crippen LogP contribution < -0.4 is 5.32 Å². The number of rotatable bonds is 5. The molecule has 4 heteroatoms. The fraction of sp³-hybridized carbons (Fsp3) is 0.400. The standard InChI is InChI=1S/C15H20FN3/c1-4-8-17-15(12-6-5-7-13(16)10-12)14-9-11(2)18-19(14)3/h5-7,9-10,15,17H,4,8H2,1-3H3. The second-order valence-corrected chi connectivity index (χ2v) is 4.78. The second-order valence-electron chi connectivity index (χ2n) is 4.78. The van der Waals surface area contributed by atoms with Crippen molar-refractivity contribution in [1.82, 2.24) is 15.1 Å². The van der Waals surface area contributed by atoms with Gasteiger partial charge in [0.25, 0.3) is 0 Å². The highest BCUT2D eigenvalue weighted by Gasteiger charge is 2.17. The van der Waals surface area contributed by atoms with E-state index in [1.165, 1.54) is 6.07 Å². The van der Waals surface area contributed by atoms with Crippen LogP contribution in [0.25, 0.3) is 0 Å². The molecule has 0 aliphatic heterocycles. The van der Waals surface area contributed by atoms with E-state index in [2.05, 4.69) is 17.3 Å². The normalized spacial score (nSPS) is 12.6. The minimum Gasteiger partial charge on any atom is -0.305 e. The molecule has 0 spiro atoms. The van der Waals surface area contributed by atoms with Crippen molar-refractivity contribution in [1.29, 1.82) is 0 Å².